The Labute approximate surface area is 232 Å². The molecule has 0 aliphatic carbocycles. The Balaban J connectivity index is 0.991. The summed E-state index contributed by atoms with van der Waals surface area (Å²) in [4.78, 5) is 31.8. The van der Waals surface area contributed by atoms with Crippen molar-refractivity contribution in [3.8, 4) is 5.75 Å². The van der Waals surface area contributed by atoms with Gasteiger partial charge in [0.1, 0.15) is 12.4 Å². The molecule has 0 saturated carbocycles. The first kappa shape index (κ1) is 26.5. The van der Waals surface area contributed by atoms with Gasteiger partial charge in [0.2, 0.25) is 0 Å². The number of benzene rings is 2. The summed E-state index contributed by atoms with van der Waals surface area (Å²) in [6.07, 6.45) is 3.22. The summed E-state index contributed by atoms with van der Waals surface area (Å²) in [7, 11) is 0. The summed E-state index contributed by atoms with van der Waals surface area (Å²) in [5.41, 5.74) is 4.07. The number of amides is 2. The molecule has 1 aromatic heterocycles. The molecule has 2 bridgehead atoms. The van der Waals surface area contributed by atoms with Crippen LogP contribution in [0.1, 0.15) is 56.1 Å². The molecule has 210 valence electrons. The number of aliphatic hydroxyl groups excluding tert-OH is 1. The van der Waals surface area contributed by atoms with Gasteiger partial charge in [-0.25, -0.2) is 4.98 Å². The molecule has 0 radical (unpaired) electrons. The van der Waals surface area contributed by atoms with Crippen LogP contribution in [-0.4, -0.2) is 70.8 Å². The molecule has 2 amide bonds. The van der Waals surface area contributed by atoms with E-state index in [0.717, 1.165) is 35.4 Å². The van der Waals surface area contributed by atoms with Gasteiger partial charge >= 0.3 is 0 Å². The summed E-state index contributed by atoms with van der Waals surface area (Å²) in [5, 5.41) is 17.0. The molecule has 6 rings (SSSR count). The van der Waals surface area contributed by atoms with Crippen LogP contribution in [0, 0.1) is 6.92 Å². The average molecular weight is 547 g/mol. The van der Waals surface area contributed by atoms with Crippen LogP contribution in [0.25, 0.3) is 0 Å². The van der Waals surface area contributed by atoms with E-state index in [4.69, 9.17) is 13.9 Å². The third-order valence-corrected chi connectivity index (χ3v) is 8.19. The Morgan fingerprint density at radius 1 is 1.12 bits per heavy atom. The summed E-state index contributed by atoms with van der Waals surface area (Å²) >= 11 is 0. The molecular weight excluding hydrogens is 512 g/mol. The standard InChI is InChI=1S/C30H34N4O6/c1-18-28(40-17-33-18)16-39-25-9-6-21-11-26(31-12-22(21)10-25)27(35)13-32-29(36)19-2-4-20(5-3-19)30(37)34-23-7-8-24(34)15-38-14-23/h2-6,9-10,17,23-24,26-27,31,35H,7-8,11-16H2,1H3,(H,32,36)/t23?,24?,26-,27+/m0/s1. The number of ether oxygens (including phenoxy) is 2. The summed E-state index contributed by atoms with van der Waals surface area (Å²) < 4.78 is 16.8. The Hall–Kier alpha value is -3.73. The van der Waals surface area contributed by atoms with Crippen molar-refractivity contribution in [1.82, 2.24) is 20.5 Å². The molecule has 10 nitrogen and oxygen atoms in total. The van der Waals surface area contributed by atoms with Gasteiger partial charge in [0.05, 0.1) is 37.1 Å². The highest BCUT2D eigenvalue weighted by Gasteiger charge is 2.40. The van der Waals surface area contributed by atoms with Crippen molar-refractivity contribution in [1.29, 1.82) is 0 Å². The lowest BCUT2D eigenvalue weighted by molar-refractivity contribution is -0.00716. The molecule has 3 aliphatic heterocycles. The molecule has 2 aromatic carbocycles. The van der Waals surface area contributed by atoms with Crippen molar-refractivity contribution in [3.63, 3.8) is 0 Å². The van der Waals surface area contributed by atoms with E-state index in [-0.39, 0.29) is 36.5 Å². The molecular formula is C30H34N4O6. The fourth-order valence-corrected chi connectivity index (χ4v) is 5.81. The lowest BCUT2D eigenvalue weighted by Crippen LogP contribution is -2.49. The number of aryl methyl sites for hydroxylation is 1. The predicted octanol–water partition coefficient (Wildman–Crippen LogP) is 2.37. The van der Waals surface area contributed by atoms with Crippen molar-refractivity contribution in [2.45, 2.75) is 63.6 Å². The molecule has 10 heteroatoms. The first-order chi connectivity index (χ1) is 19.5. The van der Waals surface area contributed by atoms with Crippen molar-refractivity contribution in [2.24, 2.45) is 0 Å². The van der Waals surface area contributed by atoms with Crippen molar-refractivity contribution in [3.05, 3.63) is 82.6 Å². The number of aliphatic hydroxyl groups is 1. The number of oxazole rings is 1. The summed E-state index contributed by atoms with van der Waals surface area (Å²) in [5.74, 6) is 1.15. The van der Waals surface area contributed by atoms with Crippen LogP contribution in [0.5, 0.6) is 5.75 Å². The maximum atomic E-state index is 13.0. The SMILES string of the molecule is Cc1ncoc1COc1ccc2c(c1)CN[C@H]([C@H](O)CNC(=O)c1ccc(C(=O)N3C4CCC3COC4)cc1)C2. The second-order valence-electron chi connectivity index (χ2n) is 10.8. The van der Waals surface area contributed by atoms with Gasteiger partial charge < -0.3 is 34.5 Å². The minimum Gasteiger partial charge on any atom is -0.486 e. The van der Waals surface area contributed by atoms with Crippen LogP contribution >= 0.6 is 0 Å². The van der Waals surface area contributed by atoms with Crippen LogP contribution in [0.15, 0.2) is 53.3 Å². The molecule has 2 fully saturated rings. The van der Waals surface area contributed by atoms with Crippen LogP contribution in [0.2, 0.25) is 0 Å². The number of carbonyl (C=O) groups is 2. The number of nitrogens with zero attached hydrogens (tertiary/aromatic N) is 2. The lowest BCUT2D eigenvalue weighted by atomic mass is 9.92. The van der Waals surface area contributed by atoms with E-state index >= 15 is 0 Å². The van der Waals surface area contributed by atoms with Crippen molar-refractivity contribution < 1.29 is 28.6 Å². The van der Waals surface area contributed by atoms with Gasteiger partial charge in [0, 0.05) is 30.3 Å². The number of fused-ring (bicyclic) bond motifs is 3. The minimum absolute atomic E-state index is 0.00885. The number of aromatic nitrogens is 1. The Morgan fingerprint density at radius 2 is 1.88 bits per heavy atom. The van der Waals surface area contributed by atoms with Gasteiger partial charge in [0.25, 0.3) is 11.8 Å². The quantitative estimate of drug-likeness (QED) is 0.393. The van der Waals surface area contributed by atoms with Gasteiger partial charge in [0.15, 0.2) is 12.2 Å². The average Bonchev–Trinajstić information content (AvgIpc) is 3.51. The summed E-state index contributed by atoms with van der Waals surface area (Å²) in [6, 6.07) is 12.7. The van der Waals surface area contributed by atoms with Crippen LogP contribution in [0.4, 0.5) is 0 Å². The molecule has 40 heavy (non-hydrogen) atoms. The number of hydrogen-bond donors (Lipinski definition) is 3. The van der Waals surface area contributed by atoms with Crippen LogP contribution < -0.4 is 15.4 Å². The highest BCUT2D eigenvalue weighted by Crippen LogP contribution is 2.30. The van der Waals surface area contributed by atoms with Gasteiger partial charge in [-0.15, -0.1) is 0 Å². The van der Waals surface area contributed by atoms with Gasteiger partial charge in [-0.2, -0.15) is 0 Å². The van der Waals surface area contributed by atoms with E-state index in [2.05, 4.69) is 15.6 Å². The normalized spacial score (nSPS) is 22.4. The highest BCUT2D eigenvalue weighted by atomic mass is 16.5. The van der Waals surface area contributed by atoms with E-state index < -0.39 is 6.10 Å². The molecule has 2 saturated heterocycles. The number of rotatable bonds is 8. The fraction of sp³-hybridized carbons (Fsp3) is 0.433. The second kappa shape index (κ2) is 11.4. The summed E-state index contributed by atoms with van der Waals surface area (Å²) in [6.45, 7) is 4.07. The maximum absolute atomic E-state index is 13.0. The Morgan fingerprint density at radius 3 is 2.60 bits per heavy atom. The zero-order valence-corrected chi connectivity index (χ0v) is 22.5. The smallest absolute Gasteiger partial charge is 0.254 e. The number of carbonyl (C=O) groups excluding carboxylic acids is 2. The first-order valence-corrected chi connectivity index (χ1v) is 13.8. The molecule has 0 spiro atoms. The molecule has 3 N–H and O–H groups in total. The monoisotopic (exact) mass is 546 g/mol. The van der Waals surface area contributed by atoms with Gasteiger partial charge in [-0.05, 0) is 73.7 Å². The Kier molecular flexibility index (Phi) is 7.55. The van der Waals surface area contributed by atoms with E-state index in [9.17, 15) is 14.7 Å². The topological polar surface area (TPSA) is 126 Å². The van der Waals surface area contributed by atoms with E-state index in [1.165, 1.54) is 6.39 Å². The van der Waals surface area contributed by atoms with E-state index in [1.807, 2.05) is 30.0 Å². The zero-order chi connectivity index (χ0) is 27.6. The predicted molar refractivity (Wildman–Crippen MR) is 145 cm³/mol. The van der Waals surface area contributed by atoms with Crippen LogP contribution in [-0.2, 0) is 24.3 Å². The van der Waals surface area contributed by atoms with E-state index in [0.29, 0.717) is 49.7 Å². The molecule has 2 unspecified atom stereocenters. The number of morpholine rings is 1. The lowest BCUT2D eigenvalue weighted by Gasteiger charge is -2.34. The van der Waals surface area contributed by atoms with E-state index in [1.54, 1.807) is 24.3 Å². The van der Waals surface area contributed by atoms with Crippen molar-refractivity contribution in [2.75, 3.05) is 19.8 Å². The molecule has 4 atom stereocenters. The first-order valence-electron chi connectivity index (χ1n) is 13.8. The second-order valence-corrected chi connectivity index (χ2v) is 10.8. The Bertz CT molecular complexity index is 1360. The minimum atomic E-state index is -0.764. The van der Waals surface area contributed by atoms with Crippen LogP contribution in [0.3, 0.4) is 0 Å². The third kappa shape index (κ3) is 5.47. The fourth-order valence-electron chi connectivity index (χ4n) is 5.81. The maximum Gasteiger partial charge on any atom is 0.254 e. The zero-order valence-electron chi connectivity index (χ0n) is 22.5. The molecule has 3 aliphatic rings. The highest BCUT2D eigenvalue weighted by molar-refractivity contribution is 5.98. The van der Waals surface area contributed by atoms with Gasteiger partial charge in [-0.1, -0.05) is 6.07 Å². The van der Waals surface area contributed by atoms with Crippen molar-refractivity contribution >= 4 is 11.8 Å². The largest absolute Gasteiger partial charge is 0.486 e. The number of nitrogens with one attached hydrogen (secondary N) is 2. The molecule has 3 aromatic rings. The number of hydrogen-bond acceptors (Lipinski definition) is 8. The molecule has 4 heterocycles. The van der Waals surface area contributed by atoms with Gasteiger partial charge in [-0.3, -0.25) is 9.59 Å². The third-order valence-electron chi connectivity index (χ3n) is 8.19.